The normalized spacial score (nSPS) is 11.7. The van der Waals surface area contributed by atoms with Gasteiger partial charge in [-0.05, 0) is 17.9 Å². The molecule has 0 radical (unpaired) electrons. The van der Waals surface area contributed by atoms with E-state index in [1.54, 1.807) is 12.3 Å². The fraction of sp³-hybridized carbons (Fsp3) is 0.333. The molecule has 0 unspecified atom stereocenters. The molecular weight excluding hydrogens is 197 g/mol. The maximum atomic E-state index is 12.4. The number of rotatable bonds is 2. The number of hydrogen-bond donors (Lipinski definition) is 0. The van der Waals surface area contributed by atoms with Crippen LogP contribution >= 0.6 is 11.8 Å². The number of thioether (sulfide) groups is 1. The fourth-order valence-corrected chi connectivity index (χ4v) is 1.64. The Balaban J connectivity index is 3.05. The van der Waals surface area contributed by atoms with Crippen molar-refractivity contribution < 1.29 is 13.2 Å². The van der Waals surface area contributed by atoms with Crippen molar-refractivity contribution in [3.8, 4) is 0 Å². The van der Waals surface area contributed by atoms with E-state index in [0.29, 0.717) is 11.3 Å². The molecule has 0 aliphatic carbocycles. The van der Waals surface area contributed by atoms with Crippen molar-refractivity contribution in [2.45, 2.75) is 11.9 Å². The van der Waals surface area contributed by atoms with Crippen molar-refractivity contribution in [2.75, 3.05) is 6.26 Å². The summed E-state index contributed by atoms with van der Waals surface area (Å²) in [6, 6.07) is 5.66. The first-order valence-corrected chi connectivity index (χ1v) is 5.09. The predicted octanol–water partition coefficient (Wildman–Crippen LogP) is 3.57. The average Bonchev–Trinajstić information content (AvgIpc) is 2.04. The van der Waals surface area contributed by atoms with Crippen molar-refractivity contribution in [3.63, 3.8) is 0 Å². The summed E-state index contributed by atoms with van der Waals surface area (Å²) in [5.41, 5.74) is -0.174. The second-order valence-electron chi connectivity index (χ2n) is 2.59. The molecule has 4 heteroatoms. The van der Waals surface area contributed by atoms with Crippen LogP contribution in [0.4, 0.5) is 13.2 Å². The molecule has 1 aromatic carbocycles. The van der Waals surface area contributed by atoms with Crippen LogP contribution in [0.1, 0.15) is 11.1 Å². The Bertz CT molecular complexity index is 280. The van der Waals surface area contributed by atoms with Crippen LogP contribution in [0.3, 0.4) is 0 Å². The van der Waals surface area contributed by atoms with Gasteiger partial charge in [-0.25, -0.2) is 0 Å². The summed E-state index contributed by atoms with van der Waals surface area (Å²) in [5, 5.41) is 0. The van der Waals surface area contributed by atoms with Crippen LogP contribution in [-0.2, 0) is 11.9 Å². The van der Waals surface area contributed by atoms with Gasteiger partial charge in [-0.2, -0.15) is 24.9 Å². The van der Waals surface area contributed by atoms with Crippen molar-refractivity contribution >= 4 is 11.8 Å². The molecular formula is C9H9F3S. The van der Waals surface area contributed by atoms with Gasteiger partial charge in [0.25, 0.3) is 0 Å². The van der Waals surface area contributed by atoms with Crippen LogP contribution in [0.25, 0.3) is 0 Å². The summed E-state index contributed by atoms with van der Waals surface area (Å²) in [6.45, 7) is 0. The van der Waals surface area contributed by atoms with Crippen LogP contribution in [-0.4, -0.2) is 6.26 Å². The van der Waals surface area contributed by atoms with Crippen molar-refractivity contribution in [1.82, 2.24) is 0 Å². The molecule has 13 heavy (non-hydrogen) atoms. The molecule has 1 rings (SSSR count). The van der Waals surface area contributed by atoms with Gasteiger partial charge in [0.1, 0.15) is 0 Å². The second-order valence-corrected chi connectivity index (χ2v) is 3.45. The molecule has 0 N–H and O–H groups in total. The average molecular weight is 206 g/mol. The molecule has 0 bridgehead atoms. The molecule has 0 amide bonds. The third-order valence-electron chi connectivity index (χ3n) is 1.62. The summed E-state index contributed by atoms with van der Waals surface area (Å²) < 4.78 is 37.1. The van der Waals surface area contributed by atoms with E-state index in [1.165, 1.54) is 23.9 Å². The Morgan fingerprint density at radius 3 is 2.38 bits per heavy atom. The van der Waals surface area contributed by atoms with Gasteiger partial charge in [0, 0.05) is 5.75 Å². The largest absolute Gasteiger partial charge is 0.416 e. The van der Waals surface area contributed by atoms with Gasteiger partial charge in [-0.15, -0.1) is 0 Å². The van der Waals surface area contributed by atoms with E-state index in [1.807, 2.05) is 0 Å². The predicted molar refractivity (Wildman–Crippen MR) is 48.7 cm³/mol. The third kappa shape index (κ3) is 2.66. The molecule has 0 aliphatic heterocycles. The lowest BCUT2D eigenvalue weighted by Gasteiger charge is -2.11. The number of hydrogen-bond acceptors (Lipinski definition) is 1. The molecule has 0 nitrogen and oxygen atoms in total. The van der Waals surface area contributed by atoms with E-state index in [2.05, 4.69) is 0 Å². The first kappa shape index (κ1) is 10.4. The van der Waals surface area contributed by atoms with Gasteiger partial charge in [0.05, 0.1) is 5.56 Å². The molecule has 0 aliphatic rings. The van der Waals surface area contributed by atoms with E-state index in [4.69, 9.17) is 0 Å². The summed E-state index contributed by atoms with van der Waals surface area (Å²) >= 11 is 1.38. The van der Waals surface area contributed by atoms with E-state index in [0.717, 1.165) is 6.07 Å². The topological polar surface area (TPSA) is 0 Å². The Kier molecular flexibility index (Phi) is 3.25. The molecule has 0 heterocycles. The highest BCUT2D eigenvalue weighted by Gasteiger charge is 2.32. The Morgan fingerprint density at radius 2 is 1.85 bits per heavy atom. The van der Waals surface area contributed by atoms with Gasteiger partial charge in [0.15, 0.2) is 0 Å². The SMILES string of the molecule is CSCc1ccccc1C(F)(F)F. The van der Waals surface area contributed by atoms with Gasteiger partial charge >= 0.3 is 6.18 Å². The molecule has 0 fully saturated rings. The minimum atomic E-state index is -4.23. The van der Waals surface area contributed by atoms with Crippen LogP contribution in [0.2, 0.25) is 0 Å². The lowest BCUT2D eigenvalue weighted by Crippen LogP contribution is -2.08. The standard InChI is InChI=1S/C9H9F3S/c1-13-6-7-4-2-3-5-8(7)9(10,11)12/h2-5H,6H2,1H3. The van der Waals surface area contributed by atoms with E-state index < -0.39 is 11.7 Å². The van der Waals surface area contributed by atoms with Gasteiger partial charge in [-0.3, -0.25) is 0 Å². The first-order valence-electron chi connectivity index (χ1n) is 3.69. The maximum Gasteiger partial charge on any atom is 0.416 e. The lowest BCUT2D eigenvalue weighted by atomic mass is 10.1. The molecule has 0 aromatic heterocycles. The molecule has 0 atom stereocenters. The zero-order chi connectivity index (χ0) is 9.90. The van der Waals surface area contributed by atoms with Crippen molar-refractivity contribution in [3.05, 3.63) is 35.4 Å². The zero-order valence-corrected chi connectivity index (χ0v) is 7.88. The molecule has 0 saturated heterocycles. The maximum absolute atomic E-state index is 12.4. The Hall–Kier alpha value is -0.640. The summed E-state index contributed by atoms with van der Waals surface area (Å²) in [5.74, 6) is 0.398. The number of benzene rings is 1. The van der Waals surface area contributed by atoms with Crippen molar-refractivity contribution in [1.29, 1.82) is 0 Å². The summed E-state index contributed by atoms with van der Waals surface area (Å²) in [7, 11) is 0. The number of halogens is 3. The van der Waals surface area contributed by atoms with E-state index >= 15 is 0 Å². The van der Waals surface area contributed by atoms with Gasteiger partial charge < -0.3 is 0 Å². The van der Waals surface area contributed by atoms with Crippen LogP contribution in [0, 0.1) is 0 Å². The lowest BCUT2D eigenvalue weighted by molar-refractivity contribution is -0.138. The summed E-state index contributed by atoms with van der Waals surface area (Å²) in [6.07, 6.45) is -2.44. The van der Waals surface area contributed by atoms with E-state index in [-0.39, 0.29) is 0 Å². The minimum Gasteiger partial charge on any atom is -0.166 e. The highest BCUT2D eigenvalue weighted by atomic mass is 32.2. The fourth-order valence-electron chi connectivity index (χ4n) is 1.08. The Labute approximate surface area is 79.1 Å². The molecule has 0 saturated carbocycles. The van der Waals surface area contributed by atoms with Crippen LogP contribution in [0.5, 0.6) is 0 Å². The monoisotopic (exact) mass is 206 g/mol. The van der Waals surface area contributed by atoms with E-state index in [9.17, 15) is 13.2 Å². The first-order chi connectivity index (χ1) is 6.05. The molecule has 1 aromatic rings. The Morgan fingerprint density at radius 1 is 1.23 bits per heavy atom. The highest BCUT2D eigenvalue weighted by Crippen LogP contribution is 2.32. The van der Waals surface area contributed by atoms with Gasteiger partial charge in [0.2, 0.25) is 0 Å². The highest BCUT2D eigenvalue weighted by molar-refractivity contribution is 7.97. The molecule has 72 valence electrons. The van der Waals surface area contributed by atoms with Crippen molar-refractivity contribution in [2.24, 2.45) is 0 Å². The smallest absolute Gasteiger partial charge is 0.166 e. The molecule has 0 spiro atoms. The summed E-state index contributed by atoms with van der Waals surface area (Å²) in [4.78, 5) is 0. The van der Waals surface area contributed by atoms with Crippen LogP contribution in [0.15, 0.2) is 24.3 Å². The quantitative estimate of drug-likeness (QED) is 0.712. The minimum absolute atomic E-state index is 0.350. The third-order valence-corrected chi connectivity index (χ3v) is 2.22. The van der Waals surface area contributed by atoms with Crippen LogP contribution < -0.4 is 0 Å². The second kappa shape index (κ2) is 4.05. The van der Waals surface area contributed by atoms with Gasteiger partial charge in [-0.1, -0.05) is 18.2 Å². The number of alkyl halides is 3. The zero-order valence-electron chi connectivity index (χ0n) is 7.06.